The van der Waals surface area contributed by atoms with Gasteiger partial charge in [-0.1, -0.05) is 6.92 Å². The molecule has 4 nitrogen and oxygen atoms in total. The van der Waals surface area contributed by atoms with Crippen molar-refractivity contribution in [3.05, 3.63) is 10.6 Å². The molecule has 2 heterocycles. The molecular weight excluding hydrogens is 282 g/mol. The van der Waals surface area contributed by atoms with E-state index < -0.39 is 0 Å². The molecule has 21 heavy (non-hydrogen) atoms. The summed E-state index contributed by atoms with van der Waals surface area (Å²) in [6.07, 6.45) is 1.38. The van der Waals surface area contributed by atoms with E-state index in [1.54, 1.807) is 0 Å². The van der Waals surface area contributed by atoms with E-state index >= 15 is 0 Å². The molecule has 0 bridgehead atoms. The zero-order chi connectivity index (χ0) is 15.6. The van der Waals surface area contributed by atoms with Gasteiger partial charge in [0.15, 0.2) is 5.13 Å². The minimum atomic E-state index is 0.135. The van der Waals surface area contributed by atoms with Crippen LogP contribution in [0.5, 0.6) is 0 Å². The van der Waals surface area contributed by atoms with Crippen molar-refractivity contribution in [3.63, 3.8) is 0 Å². The maximum Gasteiger partial charge on any atom is 0.186 e. The van der Waals surface area contributed by atoms with Gasteiger partial charge in [0.25, 0.3) is 0 Å². The second kappa shape index (κ2) is 6.63. The minimum Gasteiger partial charge on any atom is -0.375 e. The lowest BCUT2D eigenvalue weighted by molar-refractivity contribution is 0.0299. The Balaban J connectivity index is 2.12. The molecule has 2 rings (SSSR count). The van der Waals surface area contributed by atoms with Crippen molar-refractivity contribution < 1.29 is 4.74 Å². The second-order valence-electron chi connectivity index (χ2n) is 6.97. The van der Waals surface area contributed by atoms with Crippen molar-refractivity contribution >= 4 is 16.5 Å². The Labute approximate surface area is 132 Å². The fourth-order valence-corrected chi connectivity index (χ4v) is 3.54. The quantitative estimate of drug-likeness (QED) is 0.925. The van der Waals surface area contributed by atoms with Crippen LogP contribution in [0.1, 0.15) is 51.6 Å². The van der Waals surface area contributed by atoms with E-state index in [4.69, 9.17) is 9.72 Å². The molecule has 120 valence electrons. The van der Waals surface area contributed by atoms with Gasteiger partial charge in [0, 0.05) is 23.5 Å². The van der Waals surface area contributed by atoms with Crippen LogP contribution in [0.3, 0.4) is 0 Å². The molecule has 0 radical (unpaired) electrons. The summed E-state index contributed by atoms with van der Waals surface area (Å²) in [5, 5.41) is 4.71. The molecular formula is C16H29N3OS. The Morgan fingerprint density at radius 2 is 2.14 bits per heavy atom. The first-order valence-corrected chi connectivity index (χ1v) is 8.71. The fraction of sp³-hybridized carbons (Fsp3) is 0.812. The summed E-state index contributed by atoms with van der Waals surface area (Å²) in [5.41, 5.74) is 1.29. The summed E-state index contributed by atoms with van der Waals surface area (Å²) in [6.45, 7) is 15.7. The topological polar surface area (TPSA) is 37.4 Å². The van der Waals surface area contributed by atoms with Crippen molar-refractivity contribution in [3.8, 4) is 0 Å². The maximum absolute atomic E-state index is 5.79. The highest BCUT2D eigenvalue weighted by atomic mass is 32.1. The number of aromatic nitrogens is 1. The first kappa shape index (κ1) is 16.7. The zero-order valence-corrected chi connectivity index (χ0v) is 15.0. The van der Waals surface area contributed by atoms with Gasteiger partial charge in [-0.15, -0.1) is 11.3 Å². The summed E-state index contributed by atoms with van der Waals surface area (Å²) >= 11 is 1.82. The second-order valence-corrected chi connectivity index (χ2v) is 8.03. The van der Waals surface area contributed by atoms with Crippen LogP contribution in [-0.4, -0.2) is 35.8 Å². The molecule has 1 aromatic heterocycles. The molecule has 2 unspecified atom stereocenters. The highest BCUT2D eigenvalue weighted by molar-refractivity contribution is 7.15. The molecule has 2 atom stereocenters. The molecule has 0 aromatic carbocycles. The third kappa shape index (κ3) is 4.41. The Bertz CT molecular complexity index is 467. The Morgan fingerprint density at radius 3 is 2.76 bits per heavy atom. The lowest BCUT2D eigenvalue weighted by atomic mass is 10.1. The molecule has 1 aliphatic rings. The van der Waals surface area contributed by atoms with Crippen LogP contribution in [0.15, 0.2) is 0 Å². The average Bonchev–Trinajstić information content (AvgIpc) is 2.77. The summed E-state index contributed by atoms with van der Waals surface area (Å²) in [6, 6.07) is 0.454. The lowest BCUT2D eigenvalue weighted by Gasteiger charge is -2.38. The Hall–Kier alpha value is -0.650. The largest absolute Gasteiger partial charge is 0.375 e. The summed E-state index contributed by atoms with van der Waals surface area (Å²) in [7, 11) is 0. The number of hydrogen-bond acceptors (Lipinski definition) is 5. The van der Waals surface area contributed by atoms with Crippen LogP contribution in [0.4, 0.5) is 5.13 Å². The van der Waals surface area contributed by atoms with Gasteiger partial charge in [0.05, 0.1) is 24.4 Å². The number of rotatable bonds is 4. The van der Waals surface area contributed by atoms with Crippen molar-refractivity contribution in [2.75, 3.05) is 18.1 Å². The van der Waals surface area contributed by atoms with Gasteiger partial charge < -0.3 is 15.0 Å². The third-order valence-electron chi connectivity index (χ3n) is 3.85. The van der Waals surface area contributed by atoms with E-state index in [0.717, 1.165) is 36.9 Å². The van der Waals surface area contributed by atoms with Gasteiger partial charge in [0.1, 0.15) is 0 Å². The molecule has 1 N–H and O–H groups in total. The predicted octanol–water partition coefficient (Wildman–Crippen LogP) is 3.34. The van der Waals surface area contributed by atoms with Crippen molar-refractivity contribution in [1.29, 1.82) is 0 Å². The van der Waals surface area contributed by atoms with Crippen LogP contribution < -0.4 is 10.2 Å². The fourth-order valence-electron chi connectivity index (χ4n) is 2.46. The highest BCUT2D eigenvalue weighted by Gasteiger charge is 2.28. The smallest absolute Gasteiger partial charge is 0.186 e. The average molecular weight is 311 g/mol. The maximum atomic E-state index is 5.79. The first-order valence-electron chi connectivity index (χ1n) is 7.89. The first-order chi connectivity index (χ1) is 9.80. The van der Waals surface area contributed by atoms with E-state index in [1.807, 2.05) is 11.3 Å². The standard InChI is InChI=1S/C16H29N3OS/c1-7-13-10-20-11(2)9-19(13)15-18-12(3)14(21-15)8-17-16(4,5)6/h11,13,17H,7-10H2,1-6H3. The van der Waals surface area contributed by atoms with E-state index in [-0.39, 0.29) is 11.6 Å². The molecule has 1 fully saturated rings. The van der Waals surface area contributed by atoms with Gasteiger partial charge in [-0.2, -0.15) is 0 Å². The van der Waals surface area contributed by atoms with E-state index in [1.165, 1.54) is 4.88 Å². The van der Waals surface area contributed by atoms with Crippen LogP contribution in [0.2, 0.25) is 0 Å². The van der Waals surface area contributed by atoms with Gasteiger partial charge in [0.2, 0.25) is 0 Å². The van der Waals surface area contributed by atoms with Crippen LogP contribution in [0.25, 0.3) is 0 Å². The van der Waals surface area contributed by atoms with Crippen LogP contribution >= 0.6 is 11.3 Å². The number of aryl methyl sites for hydroxylation is 1. The number of nitrogens with one attached hydrogen (secondary N) is 1. The molecule has 1 aromatic rings. The molecule has 1 saturated heterocycles. The van der Waals surface area contributed by atoms with Gasteiger partial charge in [-0.25, -0.2) is 4.98 Å². The predicted molar refractivity (Wildman–Crippen MR) is 90.3 cm³/mol. The van der Waals surface area contributed by atoms with Crippen molar-refractivity contribution in [1.82, 2.24) is 10.3 Å². The Morgan fingerprint density at radius 1 is 1.43 bits per heavy atom. The summed E-state index contributed by atoms with van der Waals surface area (Å²) < 4.78 is 5.79. The van der Waals surface area contributed by atoms with Gasteiger partial charge in [-0.3, -0.25) is 0 Å². The van der Waals surface area contributed by atoms with E-state index in [9.17, 15) is 0 Å². The normalized spacial score (nSPS) is 23.6. The van der Waals surface area contributed by atoms with Gasteiger partial charge in [-0.05, 0) is 41.0 Å². The number of nitrogens with zero attached hydrogens (tertiary/aromatic N) is 2. The number of ether oxygens (including phenoxy) is 1. The Kier molecular flexibility index (Phi) is 5.28. The molecule has 5 heteroatoms. The number of thiazole rings is 1. The van der Waals surface area contributed by atoms with Crippen molar-refractivity contribution in [2.45, 2.75) is 72.2 Å². The monoisotopic (exact) mass is 311 g/mol. The highest BCUT2D eigenvalue weighted by Crippen LogP contribution is 2.30. The van der Waals surface area contributed by atoms with Gasteiger partial charge >= 0.3 is 0 Å². The van der Waals surface area contributed by atoms with E-state index in [2.05, 4.69) is 51.8 Å². The van der Waals surface area contributed by atoms with E-state index in [0.29, 0.717) is 6.04 Å². The lowest BCUT2D eigenvalue weighted by Crippen LogP contribution is -2.48. The molecule has 0 amide bonds. The molecule has 0 saturated carbocycles. The number of hydrogen-bond donors (Lipinski definition) is 1. The van der Waals surface area contributed by atoms with Crippen LogP contribution in [0, 0.1) is 6.92 Å². The third-order valence-corrected chi connectivity index (χ3v) is 5.04. The zero-order valence-electron chi connectivity index (χ0n) is 14.2. The molecule has 1 aliphatic heterocycles. The van der Waals surface area contributed by atoms with Crippen molar-refractivity contribution in [2.24, 2.45) is 0 Å². The minimum absolute atomic E-state index is 0.135. The number of anilines is 1. The SMILES string of the molecule is CCC1COC(C)CN1c1nc(C)c(CNC(C)(C)C)s1. The molecule has 0 aliphatic carbocycles. The van der Waals surface area contributed by atoms with Crippen LogP contribution in [-0.2, 0) is 11.3 Å². The number of morpholine rings is 1. The molecule has 0 spiro atoms. The summed E-state index contributed by atoms with van der Waals surface area (Å²) in [4.78, 5) is 8.60. The summed E-state index contributed by atoms with van der Waals surface area (Å²) in [5.74, 6) is 0.